The van der Waals surface area contributed by atoms with Crippen molar-refractivity contribution >= 4 is 11.5 Å². The molecule has 1 aliphatic rings. The molecule has 0 heterocycles. The summed E-state index contributed by atoms with van der Waals surface area (Å²) in [6.07, 6.45) is 0.513. The molecule has 1 atom stereocenters. The van der Waals surface area contributed by atoms with E-state index in [1.165, 1.54) is 0 Å². The fourth-order valence-electron chi connectivity index (χ4n) is 1.58. The first-order chi connectivity index (χ1) is 5.70. The summed E-state index contributed by atoms with van der Waals surface area (Å²) in [6, 6.07) is 4.75. The molecule has 0 saturated carbocycles. The standard InChI is InChI=1S/C9H9N2O.Y/c10-6-3-1-2-5-4-7(11)9(12)8(5)6;/h1-3,7,11H,4,10H2;/q-1;. The average molecular weight is 250 g/mol. The number of carbonyl (C=O) groups excluding carboxylic acids is 1. The third-order valence-electron chi connectivity index (χ3n) is 2.17. The van der Waals surface area contributed by atoms with Gasteiger partial charge in [-0.15, -0.1) is 0 Å². The van der Waals surface area contributed by atoms with Gasteiger partial charge in [-0.1, -0.05) is 18.2 Å². The van der Waals surface area contributed by atoms with Gasteiger partial charge in [-0.3, -0.25) is 4.79 Å². The third-order valence-corrected chi connectivity index (χ3v) is 2.17. The van der Waals surface area contributed by atoms with E-state index in [0.29, 0.717) is 17.7 Å². The molecule has 13 heavy (non-hydrogen) atoms. The Morgan fingerprint density at radius 2 is 2.15 bits per heavy atom. The van der Waals surface area contributed by atoms with Gasteiger partial charge in [-0.05, 0) is 18.1 Å². The van der Waals surface area contributed by atoms with Crippen LogP contribution in [0.5, 0.6) is 0 Å². The molecular weight excluding hydrogens is 241 g/mol. The summed E-state index contributed by atoms with van der Waals surface area (Å²) in [5, 5.41) is 0. The first-order valence-corrected chi connectivity index (χ1v) is 3.83. The first-order valence-electron chi connectivity index (χ1n) is 3.83. The van der Waals surface area contributed by atoms with Gasteiger partial charge in [-0.25, -0.2) is 0 Å². The molecule has 1 aliphatic carbocycles. The fourth-order valence-corrected chi connectivity index (χ4v) is 1.58. The molecule has 3 nitrogen and oxygen atoms in total. The molecule has 0 amide bonds. The van der Waals surface area contributed by atoms with Gasteiger partial charge < -0.3 is 11.5 Å². The van der Waals surface area contributed by atoms with E-state index in [9.17, 15) is 4.79 Å². The van der Waals surface area contributed by atoms with Crippen LogP contribution in [-0.2, 0) is 39.1 Å². The Hall–Kier alpha value is -0.246. The minimum absolute atomic E-state index is 0. The van der Waals surface area contributed by atoms with Crippen LogP contribution in [0.3, 0.4) is 0 Å². The van der Waals surface area contributed by atoms with Gasteiger partial charge in [0.15, 0.2) is 0 Å². The fraction of sp³-hybridized carbons (Fsp3) is 0.222. The molecule has 4 heteroatoms. The molecule has 1 unspecified atom stereocenters. The quantitative estimate of drug-likeness (QED) is 0.707. The second-order valence-electron chi connectivity index (χ2n) is 3.00. The zero-order valence-electron chi connectivity index (χ0n) is 7.08. The van der Waals surface area contributed by atoms with Crippen LogP contribution in [0.2, 0.25) is 0 Å². The van der Waals surface area contributed by atoms with Crippen molar-refractivity contribution in [3.63, 3.8) is 0 Å². The zero-order chi connectivity index (χ0) is 8.72. The number of nitrogens with two attached hydrogens (primary N) is 1. The maximum atomic E-state index is 11.3. The van der Waals surface area contributed by atoms with Crippen LogP contribution >= 0.6 is 0 Å². The number of Topliss-reactive ketones (excluding diaryl/α,β-unsaturated/α-hetero) is 1. The van der Waals surface area contributed by atoms with Gasteiger partial charge in [0.25, 0.3) is 0 Å². The van der Waals surface area contributed by atoms with Crippen LogP contribution in [0.15, 0.2) is 18.2 Å². The molecule has 1 aromatic rings. The van der Waals surface area contributed by atoms with Crippen molar-refractivity contribution in [2.75, 3.05) is 5.73 Å². The number of hydrogen-bond acceptors (Lipinski definition) is 2. The van der Waals surface area contributed by atoms with Crippen LogP contribution in [0.25, 0.3) is 5.73 Å². The largest absolute Gasteiger partial charge is 0.668 e. The molecule has 1 aromatic carbocycles. The Kier molecular flexibility index (Phi) is 3.22. The number of nitrogens with one attached hydrogen (secondary N) is 1. The Morgan fingerprint density at radius 1 is 1.46 bits per heavy atom. The monoisotopic (exact) mass is 250 g/mol. The van der Waals surface area contributed by atoms with Crippen molar-refractivity contribution in [3.05, 3.63) is 35.1 Å². The second kappa shape index (κ2) is 3.86. The van der Waals surface area contributed by atoms with Crippen molar-refractivity contribution in [3.8, 4) is 0 Å². The predicted molar refractivity (Wildman–Crippen MR) is 47.0 cm³/mol. The van der Waals surface area contributed by atoms with Crippen molar-refractivity contribution in [1.29, 1.82) is 0 Å². The molecule has 2 rings (SSSR count). The van der Waals surface area contributed by atoms with Gasteiger partial charge in [-0.2, -0.15) is 0 Å². The third kappa shape index (κ3) is 1.69. The molecular formula is C9H9N2OY-. The number of rotatable bonds is 0. The number of ketones is 1. The normalized spacial score (nSPS) is 19.5. The van der Waals surface area contributed by atoms with E-state index < -0.39 is 6.04 Å². The van der Waals surface area contributed by atoms with E-state index in [0.717, 1.165) is 5.56 Å². The van der Waals surface area contributed by atoms with E-state index in [2.05, 4.69) is 0 Å². The number of carbonyl (C=O) groups is 1. The molecule has 0 fully saturated rings. The number of hydrogen-bond donors (Lipinski definition) is 1. The van der Waals surface area contributed by atoms with E-state index in [-0.39, 0.29) is 38.5 Å². The summed E-state index contributed by atoms with van der Waals surface area (Å²) in [7, 11) is 0. The average Bonchev–Trinajstić information content (AvgIpc) is 2.29. The molecule has 0 bridgehead atoms. The minimum atomic E-state index is -0.635. The molecule has 0 aliphatic heterocycles. The summed E-state index contributed by atoms with van der Waals surface area (Å²) in [5.74, 6) is -0.136. The second-order valence-corrected chi connectivity index (χ2v) is 3.00. The van der Waals surface area contributed by atoms with Gasteiger partial charge >= 0.3 is 0 Å². The van der Waals surface area contributed by atoms with Crippen molar-refractivity contribution in [2.45, 2.75) is 12.5 Å². The van der Waals surface area contributed by atoms with Crippen molar-refractivity contribution < 1.29 is 37.5 Å². The van der Waals surface area contributed by atoms with E-state index in [4.69, 9.17) is 11.5 Å². The Labute approximate surface area is 102 Å². The van der Waals surface area contributed by atoms with E-state index >= 15 is 0 Å². The van der Waals surface area contributed by atoms with Gasteiger partial charge in [0, 0.05) is 44.0 Å². The summed E-state index contributed by atoms with van der Waals surface area (Å²) >= 11 is 0. The van der Waals surface area contributed by atoms with Crippen molar-refractivity contribution in [1.82, 2.24) is 0 Å². The van der Waals surface area contributed by atoms with Gasteiger partial charge in [0.1, 0.15) is 5.78 Å². The predicted octanol–water partition coefficient (Wildman–Crippen LogP) is 1.43. The summed E-state index contributed by atoms with van der Waals surface area (Å²) in [4.78, 5) is 11.3. The summed E-state index contributed by atoms with van der Waals surface area (Å²) < 4.78 is 0. The number of anilines is 1. The van der Waals surface area contributed by atoms with E-state index in [1.807, 2.05) is 12.1 Å². The first kappa shape index (κ1) is 10.8. The molecule has 0 spiro atoms. The number of nitrogen functional groups attached to an aromatic ring is 1. The van der Waals surface area contributed by atoms with Crippen LogP contribution in [0, 0.1) is 0 Å². The Bertz CT molecular complexity index is 351. The van der Waals surface area contributed by atoms with Crippen LogP contribution in [-0.4, -0.2) is 11.8 Å². The topological polar surface area (TPSA) is 66.9 Å². The Balaban J connectivity index is 0.000000845. The molecule has 0 aromatic heterocycles. The smallest absolute Gasteiger partial charge is 0.148 e. The van der Waals surface area contributed by atoms with Crippen LogP contribution in [0.4, 0.5) is 5.69 Å². The van der Waals surface area contributed by atoms with Gasteiger partial charge in [0.05, 0.1) is 0 Å². The maximum absolute atomic E-state index is 11.3. The number of benzene rings is 1. The summed E-state index contributed by atoms with van der Waals surface area (Å²) in [5.41, 5.74) is 15.0. The van der Waals surface area contributed by atoms with Crippen LogP contribution in [0.1, 0.15) is 15.9 Å². The molecule has 1 radical (unpaired) electrons. The maximum Gasteiger partial charge on any atom is 0.148 e. The van der Waals surface area contributed by atoms with Crippen LogP contribution < -0.4 is 5.73 Å². The van der Waals surface area contributed by atoms with Gasteiger partial charge in [0.2, 0.25) is 0 Å². The molecule has 0 saturated heterocycles. The minimum Gasteiger partial charge on any atom is -0.668 e. The SMILES string of the molecule is [NH-]C1Cc2cccc(N)c2C1=O.[Y]. The van der Waals surface area contributed by atoms with Crippen molar-refractivity contribution in [2.24, 2.45) is 0 Å². The number of fused-ring (bicyclic) bond motifs is 1. The molecule has 3 N–H and O–H groups in total. The Morgan fingerprint density at radius 3 is 2.77 bits per heavy atom. The summed E-state index contributed by atoms with van der Waals surface area (Å²) in [6.45, 7) is 0. The van der Waals surface area contributed by atoms with E-state index in [1.54, 1.807) is 6.07 Å². The molecule has 65 valence electrons. The zero-order valence-corrected chi connectivity index (χ0v) is 9.92.